The van der Waals surface area contributed by atoms with Gasteiger partial charge in [-0.2, -0.15) is 0 Å². The number of aryl methyl sites for hydroxylation is 1. The molecule has 3 heterocycles. The molecule has 1 aromatic rings. The van der Waals surface area contributed by atoms with Crippen LogP contribution in [-0.4, -0.2) is 77.8 Å². The number of hydrogen-bond acceptors (Lipinski definition) is 6. The number of carbonyl (C=O) groups excluding carboxylic acids is 1. The Hall–Kier alpha value is -1.89. The van der Waals surface area contributed by atoms with Crippen molar-refractivity contribution in [1.82, 2.24) is 19.8 Å². The van der Waals surface area contributed by atoms with Crippen LogP contribution in [0.25, 0.3) is 0 Å². The van der Waals surface area contributed by atoms with Gasteiger partial charge in [-0.3, -0.25) is 4.90 Å². The molecule has 1 amide bonds. The molecule has 132 valence electrons. The molecule has 3 rings (SSSR count). The van der Waals surface area contributed by atoms with E-state index in [4.69, 9.17) is 4.74 Å². The number of anilines is 1. The molecule has 24 heavy (non-hydrogen) atoms. The van der Waals surface area contributed by atoms with Gasteiger partial charge < -0.3 is 14.5 Å². The average Bonchev–Trinajstić information content (AvgIpc) is 3.08. The molecular weight excluding hydrogens is 306 g/mol. The van der Waals surface area contributed by atoms with Gasteiger partial charge in [0.15, 0.2) is 0 Å². The minimum Gasteiger partial charge on any atom is -0.450 e. The summed E-state index contributed by atoms with van der Waals surface area (Å²) in [6.45, 7) is 11.9. The maximum atomic E-state index is 11.8. The lowest BCUT2D eigenvalue weighted by Gasteiger charge is -2.38. The van der Waals surface area contributed by atoms with Crippen LogP contribution in [0.2, 0.25) is 0 Å². The van der Waals surface area contributed by atoms with Gasteiger partial charge in [-0.1, -0.05) is 0 Å². The van der Waals surface area contributed by atoms with Gasteiger partial charge in [0.2, 0.25) is 0 Å². The van der Waals surface area contributed by atoms with Crippen LogP contribution in [0, 0.1) is 13.8 Å². The molecule has 0 spiro atoms. The largest absolute Gasteiger partial charge is 0.450 e. The zero-order valence-corrected chi connectivity index (χ0v) is 14.9. The number of nitrogens with zero attached hydrogens (tertiary/aromatic N) is 5. The van der Waals surface area contributed by atoms with E-state index in [2.05, 4.69) is 26.7 Å². The standard InChI is InChI=1S/C17H27N5O2/c1-4-24-17(23)22-6-5-15(11-22)20-7-9-21(10-8-20)16-13(2)14(3)18-12-19-16/h12,15H,4-11H2,1-3H3/t15-/m1/s1. The molecule has 2 saturated heterocycles. The van der Waals surface area contributed by atoms with Gasteiger partial charge in [0, 0.05) is 56.6 Å². The number of rotatable bonds is 3. The van der Waals surface area contributed by atoms with E-state index in [1.165, 1.54) is 5.56 Å². The highest BCUT2D eigenvalue weighted by atomic mass is 16.6. The van der Waals surface area contributed by atoms with Gasteiger partial charge >= 0.3 is 6.09 Å². The third-order valence-electron chi connectivity index (χ3n) is 5.13. The highest BCUT2D eigenvalue weighted by molar-refractivity contribution is 5.68. The molecule has 0 aromatic carbocycles. The van der Waals surface area contributed by atoms with Crippen molar-refractivity contribution in [1.29, 1.82) is 0 Å². The SMILES string of the molecule is CCOC(=O)N1CC[C@@H](N2CCN(c3ncnc(C)c3C)CC2)C1. The van der Waals surface area contributed by atoms with Crippen molar-refractivity contribution >= 4 is 11.9 Å². The number of ether oxygens (including phenoxy) is 1. The Kier molecular flexibility index (Phi) is 5.18. The molecule has 1 atom stereocenters. The summed E-state index contributed by atoms with van der Waals surface area (Å²) in [7, 11) is 0. The first-order chi connectivity index (χ1) is 11.6. The minimum absolute atomic E-state index is 0.175. The van der Waals surface area contributed by atoms with E-state index in [0.29, 0.717) is 12.6 Å². The van der Waals surface area contributed by atoms with Crippen LogP contribution in [0.3, 0.4) is 0 Å². The monoisotopic (exact) mass is 333 g/mol. The summed E-state index contributed by atoms with van der Waals surface area (Å²) in [5.74, 6) is 1.06. The summed E-state index contributed by atoms with van der Waals surface area (Å²) in [4.78, 5) is 27.2. The predicted octanol–water partition coefficient (Wildman–Crippen LogP) is 1.45. The van der Waals surface area contributed by atoms with Crippen molar-refractivity contribution in [3.05, 3.63) is 17.6 Å². The summed E-state index contributed by atoms with van der Waals surface area (Å²) in [5, 5.41) is 0. The topological polar surface area (TPSA) is 61.8 Å². The lowest BCUT2D eigenvalue weighted by Crippen LogP contribution is -2.51. The molecule has 7 heteroatoms. The van der Waals surface area contributed by atoms with Crippen molar-refractivity contribution in [3.63, 3.8) is 0 Å². The summed E-state index contributed by atoms with van der Waals surface area (Å²) in [5.41, 5.74) is 2.21. The third-order valence-corrected chi connectivity index (χ3v) is 5.13. The molecule has 0 saturated carbocycles. The van der Waals surface area contributed by atoms with Crippen LogP contribution in [0.4, 0.5) is 10.6 Å². The fourth-order valence-electron chi connectivity index (χ4n) is 3.56. The number of piperazine rings is 1. The van der Waals surface area contributed by atoms with Crippen LogP contribution in [0.1, 0.15) is 24.6 Å². The van der Waals surface area contributed by atoms with Gasteiger partial charge in [-0.15, -0.1) is 0 Å². The molecule has 0 aliphatic carbocycles. The van der Waals surface area contributed by atoms with E-state index >= 15 is 0 Å². The van der Waals surface area contributed by atoms with Crippen molar-refractivity contribution in [3.8, 4) is 0 Å². The average molecular weight is 333 g/mol. The van der Waals surface area contributed by atoms with E-state index in [1.54, 1.807) is 6.33 Å². The summed E-state index contributed by atoms with van der Waals surface area (Å²) >= 11 is 0. The van der Waals surface area contributed by atoms with Crippen LogP contribution >= 0.6 is 0 Å². The van der Waals surface area contributed by atoms with Crippen LogP contribution in [0.15, 0.2) is 6.33 Å². The van der Waals surface area contributed by atoms with Crippen molar-refractivity contribution < 1.29 is 9.53 Å². The Morgan fingerprint density at radius 1 is 1.21 bits per heavy atom. The predicted molar refractivity (Wildman–Crippen MR) is 92.3 cm³/mol. The summed E-state index contributed by atoms with van der Waals surface area (Å²) in [6, 6.07) is 0.449. The number of hydrogen-bond donors (Lipinski definition) is 0. The number of amides is 1. The third kappa shape index (κ3) is 3.45. The zero-order chi connectivity index (χ0) is 17.1. The first kappa shape index (κ1) is 17.0. The van der Waals surface area contributed by atoms with Gasteiger partial charge in [0.1, 0.15) is 12.1 Å². The number of likely N-dealkylation sites (tertiary alicyclic amines) is 1. The van der Waals surface area contributed by atoms with Crippen LogP contribution < -0.4 is 4.90 Å². The lowest BCUT2D eigenvalue weighted by atomic mass is 10.1. The van der Waals surface area contributed by atoms with Gasteiger partial charge in [0.05, 0.1) is 6.61 Å². The van der Waals surface area contributed by atoms with Crippen molar-refractivity contribution in [2.45, 2.75) is 33.2 Å². The summed E-state index contributed by atoms with van der Waals surface area (Å²) < 4.78 is 5.11. The molecule has 0 unspecified atom stereocenters. The zero-order valence-electron chi connectivity index (χ0n) is 14.9. The Morgan fingerprint density at radius 3 is 2.67 bits per heavy atom. The van der Waals surface area contributed by atoms with E-state index < -0.39 is 0 Å². The van der Waals surface area contributed by atoms with Gasteiger partial charge in [-0.25, -0.2) is 14.8 Å². The lowest BCUT2D eigenvalue weighted by molar-refractivity contribution is 0.110. The highest BCUT2D eigenvalue weighted by Crippen LogP contribution is 2.22. The van der Waals surface area contributed by atoms with Crippen molar-refractivity contribution in [2.24, 2.45) is 0 Å². The summed E-state index contributed by atoms with van der Waals surface area (Å²) in [6.07, 6.45) is 2.51. The minimum atomic E-state index is -0.175. The molecule has 7 nitrogen and oxygen atoms in total. The molecule has 0 bridgehead atoms. The molecule has 1 aromatic heterocycles. The van der Waals surface area contributed by atoms with Crippen molar-refractivity contribution in [2.75, 3.05) is 50.8 Å². The fraction of sp³-hybridized carbons (Fsp3) is 0.706. The molecule has 2 fully saturated rings. The van der Waals surface area contributed by atoms with E-state index in [1.807, 2.05) is 18.7 Å². The van der Waals surface area contributed by atoms with E-state index in [9.17, 15) is 4.79 Å². The highest BCUT2D eigenvalue weighted by Gasteiger charge is 2.33. The second kappa shape index (κ2) is 7.34. The second-order valence-electron chi connectivity index (χ2n) is 6.52. The maximum absolute atomic E-state index is 11.8. The second-order valence-corrected chi connectivity index (χ2v) is 6.52. The smallest absolute Gasteiger partial charge is 0.409 e. The number of aromatic nitrogens is 2. The van der Waals surface area contributed by atoms with E-state index in [0.717, 1.165) is 57.2 Å². The molecular formula is C17H27N5O2. The van der Waals surface area contributed by atoms with Gasteiger partial charge in [0.25, 0.3) is 0 Å². The molecule has 0 N–H and O–H groups in total. The first-order valence-corrected chi connectivity index (χ1v) is 8.79. The quantitative estimate of drug-likeness (QED) is 0.834. The fourth-order valence-corrected chi connectivity index (χ4v) is 3.56. The number of carbonyl (C=O) groups is 1. The first-order valence-electron chi connectivity index (χ1n) is 8.79. The molecule has 2 aliphatic rings. The Balaban J connectivity index is 1.54. The van der Waals surface area contributed by atoms with E-state index in [-0.39, 0.29) is 6.09 Å². The van der Waals surface area contributed by atoms with Gasteiger partial charge in [-0.05, 0) is 27.2 Å². The molecule has 0 radical (unpaired) electrons. The Bertz CT molecular complexity index is 586. The Morgan fingerprint density at radius 2 is 1.96 bits per heavy atom. The Labute approximate surface area is 143 Å². The van der Waals surface area contributed by atoms with Crippen LogP contribution in [0.5, 0.6) is 0 Å². The maximum Gasteiger partial charge on any atom is 0.409 e. The molecule has 2 aliphatic heterocycles. The van der Waals surface area contributed by atoms with Crippen LogP contribution in [-0.2, 0) is 4.74 Å². The normalized spacial score (nSPS) is 22.0.